The summed E-state index contributed by atoms with van der Waals surface area (Å²) in [6, 6.07) is 8.01. The molecule has 1 aliphatic heterocycles. The Morgan fingerprint density at radius 3 is 2.22 bits per heavy atom. The summed E-state index contributed by atoms with van der Waals surface area (Å²) < 4.78 is 5.47. The number of carbonyl (C=O) groups excluding carboxylic acids is 2. The molecule has 0 bridgehead atoms. The molecule has 1 aromatic carbocycles. The normalized spacial score (nSPS) is 15.1. The van der Waals surface area contributed by atoms with Gasteiger partial charge in [0.2, 0.25) is 5.91 Å². The first-order valence-corrected chi connectivity index (χ1v) is 9.68. The number of para-hydroxylation sites is 2. The van der Waals surface area contributed by atoms with Crippen LogP contribution in [0.3, 0.4) is 0 Å². The number of hydrogen-bond donors (Lipinski definition) is 0. The molecule has 1 heterocycles. The lowest BCUT2D eigenvalue weighted by Crippen LogP contribution is -2.50. The molecule has 1 saturated heterocycles. The first-order valence-electron chi connectivity index (χ1n) is 9.68. The zero-order valence-electron chi connectivity index (χ0n) is 17.5. The van der Waals surface area contributed by atoms with E-state index >= 15 is 0 Å². The smallest absolute Gasteiger partial charge is 0.410 e. The molecule has 0 aromatic heterocycles. The summed E-state index contributed by atoms with van der Waals surface area (Å²) in [5.41, 5.74) is 1.49. The Hall–Kier alpha value is -2.24. The summed E-state index contributed by atoms with van der Waals surface area (Å²) in [4.78, 5) is 30.3. The summed E-state index contributed by atoms with van der Waals surface area (Å²) in [6.45, 7) is 14.8. The summed E-state index contributed by atoms with van der Waals surface area (Å²) in [5.74, 6) is 0.425. The third-order valence-corrected chi connectivity index (χ3v) is 4.37. The third-order valence-electron chi connectivity index (χ3n) is 4.37. The van der Waals surface area contributed by atoms with Crippen LogP contribution in [0.25, 0.3) is 0 Å². The van der Waals surface area contributed by atoms with Gasteiger partial charge in [-0.25, -0.2) is 4.79 Å². The predicted molar refractivity (Wildman–Crippen MR) is 109 cm³/mol. The maximum absolute atomic E-state index is 12.3. The van der Waals surface area contributed by atoms with Crippen LogP contribution < -0.4 is 9.80 Å². The minimum Gasteiger partial charge on any atom is -0.444 e. The van der Waals surface area contributed by atoms with Gasteiger partial charge in [-0.2, -0.15) is 0 Å². The molecule has 27 heavy (non-hydrogen) atoms. The zero-order chi connectivity index (χ0) is 20.2. The second-order valence-corrected chi connectivity index (χ2v) is 8.47. The van der Waals surface area contributed by atoms with E-state index in [1.165, 1.54) is 0 Å². The highest BCUT2D eigenvalue weighted by molar-refractivity contribution is 5.95. The van der Waals surface area contributed by atoms with Gasteiger partial charge in [0.25, 0.3) is 0 Å². The number of carbonyl (C=O) groups is 2. The number of benzene rings is 1. The van der Waals surface area contributed by atoms with Crippen molar-refractivity contribution >= 4 is 23.4 Å². The molecule has 0 radical (unpaired) electrons. The van der Waals surface area contributed by atoms with Crippen molar-refractivity contribution in [3.63, 3.8) is 0 Å². The topological polar surface area (TPSA) is 53.1 Å². The molecule has 1 fully saturated rings. The van der Waals surface area contributed by atoms with E-state index in [0.29, 0.717) is 38.6 Å². The van der Waals surface area contributed by atoms with Crippen LogP contribution in [-0.4, -0.2) is 55.2 Å². The minimum atomic E-state index is -0.486. The van der Waals surface area contributed by atoms with E-state index in [1.54, 1.807) is 11.8 Å². The van der Waals surface area contributed by atoms with Crippen molar-refractivity contribution in [2.45, 2.75) is 47.1 Å². The van der Waals surface area contributed by atoms with Crippen LogP contribution in [0.15, 0.2) is 24.3 Å². The van der Waals surface area contributed by atoms with Crippen LogP contribution in [-0.2, 0) is 9.53 Å². The first kappa shape index (κ1) is 21.1. The van der Waals surface area contributed by atoms with Gasteiger partial charge in [0.1, 0.15) is 5.60 Å². The Morgan fingerprint density at radius 2 is 1.70 bits per heavy atom. The first-order chi connectivity index (χ1) is 12.6. The number of nitrogens with zero attached hydrogens (tertiary/aromatic N) is 3. The quantitative estimate of drug-likeness (QED) is 0.804. The van der Waals surface area contributed by atoms with E-state index in [0.717, 1.165) is 11.4 Å². The lowest BCUT2D eigenvalue weighted by molar-refractivity contribution is -0.116. The lowest BCUT2D eigenvalue weighted by atomic mass is 10.1. The van der Waals surface area contributed by atoms with Crippen LogP contribution in [0.1, 0.15) is 41.5 Å². The van der Waals surface area contributed by atoms with Crippen molar-refractivity contribution in [1.82, 2.24) is 4.90 Å². The van der Waals surface area contributed by atoms with E-state index in [1.807, 2.05) is 43.9 Å². The maximum Gasteiger partial charge on any atom is 0.410 e. The Balaban J connectivity index is 2.12. The van der Waals surface area contributed by atoms with Gasteiger partial charge in [0.05, 0.1) is 11.4 Å². The highest BCUT2D eigenvalue weighted by Crippen LogP contribution is 2.31. The van der Waals surface area contributed by atoms with Gasteiger partial charge in [0.15, 0.2) is 0 Å². The van der Waals surface area contributed by atoms with Gasteiger partial charge >= 0.3 is 6.09 Å². The van der Waals surface area contributed by atoms with E-state index in [2.05, 4.69) is 24.8 Å². The largest absolute Gasteiger partial charge is 0.444 e. The van der Waals surface area contributed by atoms with Crippen molar-refractivity contribution in [3.05, 3.63) is 24.3 Å². The van der Waals surface area contributed by atoms with Crippen LogP contribution in [0.5, 0.6) is 0 Å². The fraction of sp³-hybridized carbons (Fsp3) is 0.619. The highest BCUT2D eigenvalue weighted by Gasteiger charge is 2.27. The minimum absolute atomic E-state index is 0.0449. The molecular formula is C21H33N3O3. The Kier molecular flexibility index (Phi) is 6.73. The molecule has 6 nitrogen and oxygen atoms in total. The molecule has 0 aliphatic carbocycles. The average molecular weight is 376 g/mol. The van der Waals surface area contributed by atoms with E-state index < -0.39 is 5.60 Å². The second kappa shape index (κ2) is 8.63. The molecule has 1 aliphatic rings. The van der Waals surface area contributed by atoms with Gasteiger partial charge in [-0.3, -0.25) is 4.79 Å². The standard InChI is InChI=1S/C21H33N3O3/c1-16(2)15-24(17(3)25)19-10-8-7-9-18(19)22-11-13-23(14-12-22)20(26)27-21(4,5)6/h7-10,16H,11-15H2,1-6H3. The van der Waals surface area contributed by atoms with Gasteiger partial charge < -0.3 is 19.4 Å². The third kappa shape index (κ3) is 5.88. The SMILES string of the molecule is CC(=O)N(CC(C)C)c1ccccc1N1CCN(C(=O)OC(C)(C)C)CC1. The molecule has 0 atom stereocenters. The molecule has 1 aromatic rings. The molecule has 2 rings (SSSR count). The molecule has 0 N–H and O–H groups in total. The van der Waals surface area contributed by atoms with Gasteiger partial charge in [-0.15, -0.1) is 0 Å². The molecule has 2 amide bonds. The monoisotopic (exact) mass is 375 g/mol. The Labute approximate surface area is 163 Å². The fourth-order valence-corrected chi connectivity index (χ4v) is 3.18. The van der Waals surface area contributed by atoms with E-state index in [4.69, 9.17) is 4.74 Å². The van der Waals surface area contributed by atoms with Gasteiger partial charge in [-0.05, 0) is 38.8 Å². The number of anilines is 2. The number of hydrogen-bond acceptors (Lipinski definition) is 4. The molecule has 6 heteroatoms. The summed E-state index contributed by atoms with van der Waals surface area (Å²) in [5, 5.41) is 0. The van der Waals surface area contributed by atoms with Gasteiger partial charge in [0, 0.05) is 39.6 Å². The number of rotatable bonds is 4. The molecule has 0 unspecified atom stereocenters. The van der Waals surface area contributed by atoms with Gasteiger partial charge in [-0.1, -0.05) is 26.0 Å². The van der Waals surface area contributed by atoms with Crippen LogP contribution >= 0.6 is 0 Å². The molecule has 150 valence electrons. The molecular weight excluding hydrogens is 342 g/mol. The summed E-state index contributed by atoms with van der Waals surface area (Å²) in [6.07, 6.45) is -0.263. The van der Waals surface area contributed by atoms with Crippen LogP contribution in [0.4, 0.5) is 16.2 Å². The number of amides is 2. The van der Waals surface area contributed by atoms with Crippen molar-refractivity contribution in [3.8, 4) is 0 Å². The Morgan fingerprint density at radius 1 is 1.11 bits per heavy atom. The van der Waals surface area contributed by atoms with Crippen molar-refractivity contribution in [2.24, 2.45) is 5.92 Å². The molecule has 0 spiro atoms. The average Bonchev–Trinajstić information content (AvgIpc) is 2.58. The predicted octanol–water partition coefficient (Wildman–Crippen LogP) is 3.75. The van der Waals surface area contributed by atoms with Crippen LogP contribution in [0.2, 0.25) is 0 Å². The maximum atomic E-state index is 12.3. The number of piperazine rings is 1. The lowest BCUT2D eigenvalue weighted by Gasteiger charge is -2.38. The van der Waals surface area contributed by atoms with Crippen LogP contribution in [0, 0.1) is 5.92 Å². The summed E-state index contributed by atoms with van der Waals surface area (Å²) in [7, 11) is 0. The van der Waals surface area contributed by atoms with Crippen molar-refractivity contribution in [2.75, 3.05) is 42.5 Å². The highest BCUT2D eigenvalue weighted by atomic mass is 16.6. The van der Waals surface area contributed by atoms with E-state index in [9.17, 15) is 9.59 Å². The van der Waals surface area contributed by atoms with Crippen molar-refractivity contribution < 1.29 is 14.3 Å². The second-order valence-electron chi connectivity index (χ2n) is 8.47. The van der Waals surface area contributed by atoms with E-state index in [-0.39, 0.29) is 12.0 Å². The van der Waals surface area contributed by atoms with Crippen molar-refractivity contribution in [1.29, 1.82) is 0 Å². The zero-order valence-corrected chi connectivity index (χ0v) is 17.5. The fourth-order valence-electron chi connectivity index (χ4n) is 3.18. The Bertz CT molecular complexity index is 659. The molecule has 0 saturated carbocycles. The summed E-state index contributed by atoms with van der Waals surface area (Å²) >= 11 is 0. The number of ether oxygens (including phenoxy) is 1.